The van der Waals surface area contributed by atoms with Gasteiger partial charge in [0.1, 0.15) is 11.8 Å². The van der Waals surface area contributed by atoms with E-state index in [0.717, 1.165) is 25.0 Å². The van der Waals surface area contributed by atoms with Crippen molar-refractivity contribution in [2.24, 2.45) is 5.92 Å². The highest BCUT2D eigenvalue weighted by atomic mass is 16.5. The number of anilines is 1. The predicted octanol–water partition coefficient (Wildman–Crippen LogP) is 1.88. The first-order valence-electron chi connectivity index (χ1n) is 9.50. The number of hydrogen-bond donors (Lipinski definition) is 1. The van der Waals surface area contributed by atoms with Gasteiger partial charge in [-0.3, -0.25) is 14.4 Å². The summed E-state index contributed by atoms with van der Waals surface area (Å²) in [6.45, 7) is 3.29. The van der Waals surface area contributed by atoms with Crippen LogP contribution in [0.4, 0.5) is 5.69 Å². The molecule has 0 radical (unpaired) electrons. The zero-order valence-corrected chi connectivity index (χ0v) is 15.9. The zero-order chi connectivity index (χ0) is 19.4. The van der Waals surface area contributed by atoms with E-state index in [0.29, 0.717) is 31.7 Å². The van der Waals surface area contributed by atoms with Crippen LogP contribution in [0.5, 0.6) is 5.75 Å². The molecule has 0 bridgehead atoms. The second-order valence-corrected chi connectivity index (χ2v) is 7.21. The smallest absolute Gasteiger partial charge is 0.247 e. The summed E-state index contributed by atoms with van der Waals surface area (Å²) in [4.78, 5) is 40.8. The van der Waals surface area contributed by atoms with Gasteiger partial charge in [0.25, 0.3) is 0 Å². The molecule has 0 spiro atoms. The van der Waals surface area contributed by atoms with Gasteiger partial charge in [-0.1, -0.05) is 0 Å². The van der Waals surface area contributed by atoms with Crippen molar-refractivity contribution in [2.75, 3.05) is 32.1 Å². The lowest BCUT2D eigenvalue weighted by Gasteiger charge is -2.34. The average Bonchev–Trinajstić information content (AvgIpc) is 3.18. The molecule has 2 aliphatic heterocycles. The van der Waals surface area contributed by atoms with Crippen LogP contribution in [0.15, 0.2) is 24.3 Å². The van der Waals surface area contributed by atoms with Crippen molar-refractivity contribution in [2.45, 2.75) is 38.6 Å². The van der Waals surface area contributed by atoms with Crippen molar-refractivity contribution in [3.8, 4) is 5.75 Å². The van der Waals surface area contributed by atoms with E-state index in [-0.39, 0.29) is 23.6 Å². The molecule has 0 aromatic heterocycles. The summed E-state index contributed by atoms with van der Waals surface area (Å²) >= 11 is 0. The molecular formula is C20H27N3O4. The molecule has 2 aliphatic rings. The Labute approximate surface area is 159 Å². The van der Waals surface area contributed by atoms with E-state index in [1.807, 2.05) is 0 Å². The Kier molecular flexibility index (Phi) is 5.98. The lowest BCUT2D eigenvalue weighted by Crippen LogP contribution is -2.50. The van der Waals surface area contributed by atoms with Gasteiger partial charge in [0.2, 0.25) is 17.7 Å². The minimum atomic E-state index is -0.452. The standard InChI is InChI=1S/C20H27N3O4/c1-14(24)22-11-3-5-15(13-22)20(26)23-12-4-6-18(23)19(25)21-16-7-9-17(27-2)10-8-16/h7-10,15,18H,3-6,11-13H2,1-2H3,(H,21,25). The number of hydrogen-bond acceptors (Lipinski definition) is 4. The van der Waals surface area contributed by atoms with Gasteiger partial charge in [-0.2, -0.15) is 0 Å². The van der Waals surface area contributed by atoms with E-state index < -0.39 is 6.04 Å². The summed E-state index contributed by atoms with van der Waals surface area (Å²) in [6.07, 6.45) is 3.07. The summed E-state index contributed by atoms with van der Waals surface area (Å²) in [5.41, 5.74) is 0.681. The molecule has 0 saturated carbocycles. The lowest BCUT2D eigenvalue weighted by atomic mass is 9.96. The maximum Gasteiger partial charge on any atom is 0.247 e. The van der Waals surface area contributed by atoms with Crippen molar-refractivity contribution in [1.82, 2.24) is 9.80 Å². The number of amides is 3. The van der Waals surface area contributed by atoms with E-state index in [4.69, 9.17) is 4.74 Å². The number of carbonyl (C=O) groups excluding carboxylic acids is 3. The summed E-state index contributed by atoms with van der Waals surface area (Å²) in [5.74, 6) is 0.344. The summed E-state index contributed by atoms with van der Waals surface area (Å²) < 4.78 is 5.12. The second-order valence-electron chi connectivity index (χ2n) is 7.21. The van der Waals surface area contributed by atoms with E-state index in [2.05, 4.69) is 5.32 Å². The number of piperidine rings is 1. The van der Waals surface area contributed by atoms with Gasteiger partial charge in [0, 0.05) is 32.2 Å². The topological polar surface area (TPSA) is 79.0 Å². The molecule has 1 aromatic carbocycles. The quantitative estimate of drug-likeness (QED) is 0.874. The lowest BCUT2D eigenvalue weighted by molar-refractivity contribution is -0.143. The van der Waals surface area contributed by atoms with Crippen LogP contribution in [0, 0.1) is 5.92 Å². The van der Waals surface area contributed by atoms with Crippen LogP contribution >= 0.6 is 0 Å². The predicted molar refractivity (Wildman–Crippen MR) is 101 cm³/mol. The molecule has 3 amide bonds. The number of likely N-dealkylation sites (tertiary alicyclic amines) is 2. The van der Waals surface area contributed by atoms with Crippen molar-refractivity contribution < 1.29 is 19.1 Å². The summed E-state index contributed by atoms with van der Waals surface area (Å²) in [5, 5.41) is 2.90. The van der Waals surface area contributed by atoms with Gasteiger partial charge in [0.15, 0.2) is 0 Å². The largest absolute Gasteiger partial charge is 0.497 e. The van der Waals surface area contributed by atoms with Crippen molar-refractivity contribution >= 4 is 23.4 Å². The van der Waals surface area contributed by atoms with Crippen molar-refractivity contribution in [3.05, 3.63) is 24.3 Å². The molecule has 146 valence electrons. The Balaban J connectivity index is 1.64. The molecule has 1 aromatic rings. The van der Waals surface area contributed by atoms with E-state index >= 15 is 0 Å². The van der Waals surface area contributed by atoms with Gasteiger partial charge in [-0.25, -0.2) is 0 Å². The number of carbonyl (C=O) groups is 3. The Morgan fingerprint density at radius 3 is 2.44 bits per heavy atom. The second kappa shape index (κ2) is 8.41. The highest BCUT2D eigenvalue weighted by Crippen LogP contribution is 2.26. The molecule has 1 N–H and O–H groups in total. The van der Waals surface area contributed by atoms with Crippen LogP contribution in [0.1, 0.15) is 32.6 Å². The third-order valence-electron chi connectivity index (χ3n) is 5.41. The minimum Gasteiger partial charge on any atom is -0.497 e. The third-order valence-corrected chi connectivity index (χ3v) is 5.41. The highest BCUT2D eigenvalue weighted by molar-refractivity contribution is 5.98. The highest BCUT2D eigenvalue weighted by Gasteiger charge is 2.38. The van der Waals surface area contributed by atoms with Crippen LogP contribution in [0.2, 0.25) is 0 Å². The van der Waals surface area contributed by atoms with Crippen LogP contribution in [-0.4, -0.2) is 60.3 Å². The molecule has 2 unspecified atom stereocenters. The zero-order valence-electron chi connectivity index (χ0n) is 15.9. The molecule has 2 saturated heterocycles. The molecular weight excluding hydrogens is 346 g/mol. The van der Waals surface area contributed by atoms with Crippen molar-refractivity contribution in [3.63, 3.8) is 0 Å². The number of rotatable bonds is 4. The van der Waals surface area contributed by atoms with Gasteiger partial charge < -0.3 is 19.9 Å². The molecule has 0 aliphatic carbocycles. The molecule has 2 heterocycles. The van der Waals surface area contributed by atoms with Gasteiger partial charge >= 0.3 is 0 Å². The van der Waals surface area contributed by atoms with Gasteiger partial charge in [0.05, 0.1) is 13.0 Å². The monoisotopic (exact) mass is 373 g/mol. The maximum absolute atomic E-state index is 13.0. The fourth-order valence-corrected chi connectivity index (χ4v) is 3.90. The fraction of sp³-hybridized carbons (Fsp3) is 0.550. The first kappa shape index (κ1) is 19.2. The normalized spacial score (nSPS) is 22.4. The molecule has 3 rings (SSSR count). The Hall–Kier alpha value is -2.57. The van der Waals surface area contributed by atoms with E-state index in [1.165, 1.54) is 6.92 Å². The SMILES string of the molecule is COc1ccc(NC(=O)C2CCCN2C(=O)C2CCCN(C(C)=O)C2)cc1. The number of benzene rings is 1. The van der Waals surface area contributed by atoms with Crippen LogP contribution < -0.4 is 10.1 Å². The maximum atomic E-state index is 13.0. The van der Waals surface area contributed by atoms with Crippen molar-refractivity contribution in [1.29, 1.82) is 0 Å². The first-order chi connectivity index (χ1) is 13.0. The number of nitrogens with zero attached hydrogens (tertiary/aromatic N) is 2. The third kappa shape index (κ3) is 4.40. The van der Waals surface area contributed by atoms with Gasteiger partial charge in [-0.15, -0.1) is 0 Å². The van der Waals surface area contributed by atoms with E-state index in [1.54, 1.807) is 41.2 Å². The summed E-state index contributed by atoms with van der Waals surface area (Å²) in [6, 6.07) is 6.68. The van der Waals surface area contributed by atoms with Crippen LogP contribution in [0.25, 0.3) is 0 Å². The number of nitrogens with one attached hydrogen (secondary N) is 1. The Bertz CT molecular complexity index is 704. The van der Waals surface area contributed by atoms with Crippen LogP contribution in [0.3, 0.4) is 0 Å². The minimum absolute atomic E-state index is 0.00252. The molecule has 7 nitrogen and oxygen atoms in total. The van der Waals surface area contributed by atoms with E-state index in [9.17, 15) is 14.4 Å². The average molecular weight is 373 g/mol. The molecule has 2 atom stereocenters. The Morgan fingerprint density at radius 2 is 1.78 bits per heavy atom. The summed E-state index contributed by atoms with van der Waals surface area (Å²) in [7, 11) is 1.59. The Morgan fingerprint density at radius 1 is 1.07 bits per heavy atom. The molecule has 7 heteroatoms. The molecule has 27 heavy (non-hydrogen) atoms. The molecule has 2 fully saturated rings. The number of methoxy groups -OCH3 is 1. The fourth-order valence-electron chi connectivity index (χ4n) is 3.90. The van der Waals surface area contributed by atoms with Crippen LogP contribution in [-0.2, 0) is 14.4 Å². The number of ether oxygens (including phenoxy) is 1. The first-order valence-corrected chi connectivity index (χ1v) is 9.50. The van der Waals surface area contributed by atoms with Gasteiger partial charge in [-0.05, 0) is 49.9 Å².